The summed E-state index contributed by atoms with van der Waals surface area (Å²) in [6.45, 7) is 5.01. The molecule has 1 saturated heterocycles. The maximum Gasteiger partial charge on any atom is 0.270 e. The lowest BCUT2D eigenvalue weighted by Crippen LogP contribution is -2.50. The van der Waals surface area contributed by atoms with Gasteiger partial charge in [0.25, 0.3) is 5.91 Å². The fourth-order valence-electron chi connectivity index (χ4n) is 2.47. The predicted octanol–water partition coefficient (Wildman–Crippen LogP) is 2.07. The van der Waals surface area contributed by atoms with Crippen molar-refractivity contribution in [2.75, 3.05) is 19.0 Å². The molecule has 0 atom stereocenters. The minimum atomic E-state index is -0.536. The zero-order valence-electron chi connectivity index (χ0n) is 13.0. The first-order chi connectivity index (χ1) is 10.4. The van der Waals surface area contributed by atoms with Gasteiger partial charge in [-0.1, -0.05) is 6.07 Å². The van der Waals surface area contributed by atoms with Gasteiger partial charge in [-0.05, 0) is 38.8 Å². The number of alkyl halides is 1. The minimum absolute atomic E-state index is 0.0806. The van der Waals surface area contributed by atoms with Crippen LogP contribution >= 0.6 is 11.6 Å². The van der Waals surface area contributed by atoms with Crippen molar-refractivity contribution in [1.82, 2.24) is 15.2 Å². The molecule has 2 rings (SSSR count). The van der Waals surface area contributed by atoms with E-state index in [4.69, 9.17) is 11.6 Å². The predicted molar refractivity (Wildman–Crippen MR) is 85.8 cm³/mol. The van der Waals surface area contributed by atoms with Gasteiger partial charge in [-0.2, -0.15) is 0 Å². The third-order valence-corrected chi connectivity index (χ3v) is 4.60. The lowest BCUT2D eigenvalue weighted by atomic mass is 9.92. The molecule has 2 amide bonds. The van der Waals surface area contributed by atoms with Crippen molar-refractivity contribution in [1.29, 1.82) is 0 Å². The summed E-state index contributed by atoms with van der Waals surface area (Å²) < 4.78 is 0. The largest absolute Gasteiger partial charge is 0.348 e. The summed E-state index contributed by atoms with van der Waals surface area (Å²) in [4.78, 5) is 30.3. The van der Waals surface area contributed by atoms with Crippen LogP contribution in [0.2, 0.25) is 0 Å². The quantitative estimate of drug-likeness (QED) is 0.863. The number of piperidine rings is 1. The third kappa shape index (κ3) is 3.97. The van der Waals surface area contributed by atoms with Gasteiger partial charge in [-0.25, -0.2) is 0 Å². The Kier molecular flexibility index (Phi) is 5.40. The summed E-state index contributed by atoms with van der Waals surface area (Å²) >= 11 is 5.86. The zero-order valence-corrected chi connectivity index (χ0v) is 13.8. The van der Waals surface area contributed by atoms with E-state index in [1.54, 1.807) is 24.4 Å². The molecule has 1 N–H and O–H groups in total. The normalized spacial score (nSPS) is 16.4. The fourth-order valence-corrected chi connectivity index (χ4v) is 2.58. The van der Waals surface area contributed by atoms with Crippen molar-refractivity contribution in [3.8, 4) is 0 Å². The average Bonchev–Trinajstić information content (AvgIpc) is 2.55. The topological polar surface area (TPSA) is 62.3 Å². The number of hydrogen-bond donors (Lipinski definition) is 1. The number of pyridine rings is 1. The van der Waals surface area contributed by atoms with Gasteiger partial charge in [-0.15, -0.1) is 11.6 Å². The monoisotopic (exact) mass is 323 g/mol. The Bertz CT molecular complexity index is 525. The molecule has 0 aliphatic carbocycles. The highest BCUT2D eigenvalue weighted by molar-refractivity contribution is 6.19. The van der Waals surface area contributed by atoms with Crippen LogP contribution < -0.4 is 5.32 Å². The van der Waals surface area contributed by atoms with E-state index in [0.29, 0.717) is 24.7 Å². The molecule has 6 heteroatoms. The van der Waals surface area contributed by atoms with Crippen LogP contribution in [0.1, 0.15) is 37.2 Å². The second-order valence-electron chi connectivity index (χ2n) is 6.27. The Morgan fingerprint density at radius 2 is 2.05 bits per heavy atom. The number of nitrogens with one attached hydrogen (secondary N) is 1. The number of nitrogens with zero attached hydrogens (tertiary/aromatic N) is 2. The smallest absolute Gasteiger partial charge is 0.270 e. The van der Waals surface area contributed by atoms with Crippen LogP contribution in [0, 0.1) is 5.41 Å². The molecule has 0 unspecified atom stereocenters. The SMILES string of the molecule is CC(C)(CCl)C(=O)N1CCC(NC(=O)c2ccccn2)CC1. The van der Waals surface area contributed by atoms with E-state index >= 15 is 0 Å². The van der Waals surface area contributed by atoms with Crippen LogP contribution in [0.3, 0.4) is 0 Å². The molecule has 22 heavy (non-hydrogen) atoms. The highest BCUT2D eigenvalue weighted by Crippen LogP contribution is 2.23. The van der Waals surface area contributed by atoms with Crippen molar-refractivity contribution in [2.24, 2.45) is 5.41 Å². The van der Waals surface area contributed by atoms with E-state index in [-0.39, 0.29) is 17.9 Å². The molecule has 0 radical (unpaired) electrons. The van der Waals surface area contributed by atoms with Gasteiger partial charge in [0.2, 0.25) is 5.91 Å². The summed E-state index contributed by atoms with van der Waals surface area (Å²) in [6, 6.07) is 5.34. The number of carbonyl (C=O) groups excluding carboxylic acids is 2. The molecule has 1 aliphatic rings. The van der Waals surface area contributed by atoms with Gasteiger partial charge < -0.3 is 10.2 Å². The molecule has 2 heterocycles. The Morgan fingerprint density at radius 1 is 1.36 bits per heavy atom. The molecule has 0 bridgehead atoms. The van der Waals surface area contributed by atoms with Crippen molar-refractivity contribution in [3.05, 3.63) is 30.1 Å². The summed E-state index contributed by atoms with van der Waals surface area (Å²) in [5.41, 5.74) is -0.115. The van der Waals surface area contributed by atoms with E-state index in [1.807, 2.05) is 18.7 Å². The van der Waals surface area contributed by atoms with Gasteiger partial charge in [0.15, 0.2) is 0 Å². The first kappa shape index (κ1) is 16.7. The number of halogens is 1. The first-order valence-electron chi connectivity index (χ1n) is 7.51. The summed E-state index contributed by atoms with van der Waals surface area (Å²) in [7, 11) is 0. The molecule has 1 aromatic rings. The molecule has 0 spiro atoms. The van der Waals surface area contributed by atoms with E-state index < -0.39 is 5.41 Å². The molecule has 1 aliphatic heterocycles. The van der Waals surface area contributed by atoms with Crippen molar-refractivity contribution >= 4 is 23.4 Å². The van der Waals surface area contributed by atoms with Crippen LogP contribution in [0.15, 0.2) is 24.4 Å². The van der Waals surface area contributed by atoms with Crippen LogP contribution in [0.4, 0.5) is 0 Å². The standard InChI is InChI=1S/C16H22ClN3O2/c1-16(2,11-17)15(22)20-9-6-12(7-10-20)19-14(21)13-5-3-4-8-18-13/h3-5,8,12H,6-7,9-11H2,1-2H3,(H,19,21). The summed E-state index contributed by atoms with van der Waals surface area (Å²) in [5, 5.41) is 2.98. The molecule has 0 saturated carbocycles. The van der Waals surface area contributed by atoms with Crippen molar-refractivity contribution in [3.63, 3.8) is 0 Å². The number of amides is 2. The van der Waals surface area contributed by atoms with Crippen LogP contribution in [0.5, 0.6) is 0 Å². The maximum absolute atomic E-state index is 12.3. The fraction of sp³-hybridized carbons (Fsp3) is 0.562. The second kappa shape index (κ2) is 7.09. The van der Waals surface area contributed by atoms with Crippen LogP contribution in [0.25, 0.3) is 0 Å². The first-order valence-corrected chi connectivity index (χ1v) is 8.05. The second-order valence-corrected chi connectivity index (χ2v) is 6.54. The van der Waals surface area contributed by atoms with Crippen molar-refractivity contribution in [2.45, 2.75) is 32.7 Å². The lowest BCUT2D eigenvalue weighted by Gasteiger charge is -2.36. The highest BCUT2D eigenvalue weighted by atomic mass is 35.5. The average molecular weight is 324 g/mol. The van der Waals surface area contributed by atoms with E-state index in [1.165, 1.54) is 0 Å². The Labute approximate surface area is 136 Å². The molecular weight excluding hydrogens is 302 g/mol. The molecule has 5 nitrogen and oxygen atoms in total. The van der Waals surface area contributed by atoms with Gasteiger partial charge in [0.05, 0.1) is 5.41 Å². The molecule has 0 aromatic carbocycles. The van der Waals surface area contributed by atoms with E-state index in [0.717, 1.165) is 12.8 Å². The number of rotatable bonds is 4. The third-order valence-electron chi connectivity index (χ3n) is 3.93. The van der Waals surface area contributed by atoms with Gasteiger partial charge in [0, 0.05) is 31.2 Å². The van der Waals surface area contributed by atoms with E-state index in [9.17, 15) is 9.59 Å². The Balaban J connectivity index is 1.85. The highest BCUT2D eigenvalue weighted by Gasteiger charge is 2.33. The van der Waals surface area contributed by atoms with E-state index in [2.05, 4.69) is 10.3 Å². The van der Waals surface area contributed by atoms with Gasteiger partial charge >= 0.3 is 0 Å². The Morgan fingerprint density at radius 3 is 2.59 bits per heavy atom. The minimum Gasteiger partial charge on any atom is -0.348 e. The van der Waals surface area contributed by atoms with Gasteiger partial charge in [0.1, 0.15) is 5.69 Å². The molecule has 120 valence electrons. The zero-order chi connectivity index (χ0) is 16.2. The molecule has 1 fully saturated rings. The summed E-state index contributed by atoms with van der Waals surface area (Å²) in [6.07, 6.45) is 3.11. The molecular formula is C16H22ClN3O2. The Hall–Kier alpha value is -1.62. The van der Waals surface area contributed by atoms with Crippen LogP contribution in [-0.4, -0.2) is 46.7 Å². The summed E-state index contributed by atoms with van der Waals surface area (Å²) in [5.74, 6) is 0.228. The number of aromatic nitrogens is 1. The van der Waals surface area contributed by atoms with Crippen molar-refractivity contribution < 1.29 is 9.59 Å². The maximum atomic E-state index is 12.3. The molecule has 1 aromatic heterocycles. The lowest BCUT2D eigenvalue weighted by molar-refractivity contribution is -0.140. The van der Waals surface area contributed by atoms with Crippen LogP contribution in [-0.2, 0) is 4.79 Å². The number of carbonyl (C=O) groups is 2. The number of hydrogen-bond acceptors (Lipinski definition) is 3. The van der Waals surface area contributed by atoms with Gasteiger partial charge in [-0.3, -0.25) is 14.6 Å². The number of likely N-dealkylation sites (tertiary alicyclic amines) is 1.